The normalized spacial score (nSPS) is 17.3. The Kier molecular flexibility index (Phi) is 8.99. The maximum absolute atomic E-state index is 13.0. The van der Waals surface area contributed by atoms with Crippen LogP contribution in [0.25, 0.3) is 5.76 Å². The molecule has 0 spiro atoms. The van der Waals surface area contributed by atoms with E-state index in [0.29, 0.717) is 22.7 Å². The number of likely N-dealkylation sites (tertiary alicyclic amines) is 1. The van der Waals surface area contributed by atoms with Crippen molar-refractivity contribution in [1.29, 1.82) is 0 Å². The first kappa shape index (κ1) is 26.3. The molecule has 1 heterocycles. The van der Waals surface area contributed by atoms with Crippen LogP contribution < -0.4 is 0 Å². The number of aliphatic hydroxyl groups is 1. The third kappa shape index (κ3) is 5.52. The van der Waals surface area contributed by atoms with Crippen LogP contribution in [0, 0.1) is 10.1 Å². The molecule has 33 heavy (non-hydrogen) atoms. The number of benzene rings is 2. The van der Waals surface area contributed by atoms with Gasteiger partial charge in [-0.25, -0.2) is 0 Å². The first-order chi connectivity index (χ1) is 15.3. The Bertz CT molecular complexity index is 1050. The fourth-order valence-electron chi connectivity index (χ4n) is 3.79. The SMILES string of the molecule is CCN(CC)CCN1C(=O)C(=O)/C(=C(\O)c2ccc(Cl)cc2)C1c1ccc([N+](=O)[O-])cc1.Cl. The van der Waals surface area contributed by atoms with Crippen molar-refractivity contribution in [2.45, 2.75) is 19.9 Å². The minimum atomic E-state index is -0.859. The molecule has 10 heteroatoms. The highest BCUT2D eigenvalue weighted by Gasteiger charge is 2.46. The van der Waals surface area contributed by atoms with Crippen LogP contribution in [-0.4, -0.2) is 57.7 Å². The number of carbonyl (C=O) groups is 2. The number of nitro groups is 1. The van der Waals surface area contributed by atoms with E-state index in [-0.39, 0.29) is 36.0 Å². The van der Waals surface area contributed by atoms with Crippen molar-refractivity contribution in [2.75, 3.05) is 26.2 Å². The Labute approximate surface area is 203 Å². The van der Waals surface area contributed by atoms with Gasteiger partial charge in [-0.1, -0.05) is 25.4 Å². The summed E-state index contributed by atoms with van der Waals surface area (Å²) in [6, 6.07) is 11.1. The number of nitrogens with zero attached hydrogens (tertiary/aromatic N) is 3. The topological polar surface area (TPSA) is 104 Å². The second-order valence-corrected chi connectivity index (χ2v) is 7.81. The van der Waals surface area contributed by atoms with E-state index < -0.39 is 22.7 Å². The first-order valence-electron chi connectivity index (χ1n) is 10.3. The number of aliphatic hydroxyl groups excluding tert-OH is 1. The molecule has 1 saturated heterocycles. The van der Waals surface area contributed by atoms with E-state index in [1.54, 1.807) is 24.3 Å². The molecule has 1 fully saturated rings. The van der Waals surface area contributed by atoms with Crippen molar-refractivity contribution >= 4 is 47.1 Å². The Morgan fingerprint density at radius 2 is 1.67 bits per heavy atom. The van der Waals surface area contributed by atoms with Gasteiger partial charge in [-0.15, -0.1) is 12.4 Å². The zero-order chi connectivity index (χ0) is 23.4. The summed E-state index contributed by atoms with van der Waals surface area (Å²) in [6.45, 7) is 6.40. The molecule has 1 aliphatic rings. The Hall–Kier alpha value is -2.94. The molecule has 0 aliphatic carbocycles. The molecular weight excluding hydrogens is 469 g/mol. The maximum atomic E-state index is 13.0. The summed E-state index contributed by atoms with van der Waals surface area (Å²) in [5.74, 6) is -1.81. The van der Waals surface area contributed by atoms with E-state index in [9.17, 15) is 24.8 Å². The van der Waals surface area contributed by atoms with E-state index in [1.807, 2.05) is 13.8 Å². The summed E-state index contributed by atoms with van der Waals surface area (Å²) in [5.41, 5.74) is 0.699. The number of non-ortho nitro benzene ring substituents is 1. The van der Waals surface area contributed by atoms with E-state index in [1.165, 1.54) is 29.2 Å². The monoisotopic (exact) mass is 493 g/mol. The Morgan fingerprint density at radius 1 is 1.09 bits per heavy atom. The second kappa shape index (κ2) is 11.3. The number of Topliss-reactive ketones (excluding diaryl/α,β-unsaturated/α-hetero) is 1. The van der Waals surface area contributed by atoms with Gasteiger partial charge in [0.05, 0.1) is 16.5 Å². The lowest BCUT2D eigenvalue weighted by atomic mass is 9.95. The van der Waals surface area contributed by atoms with Crippen LogP contribution in [-0.2, 0) is 9.59 Å². The lowest BCUT2D eigenvalue weighted by Crippen LogP contribution is -2.38. The zero-order valence-electron chi connectivity index (χ0n) is 18.2. The highest BCUT2D eigenvalue weighted by molar-refractivity contribution is 6.46. The van der Waals surface area contributed by atoms with Crippen molar-refractivity contribution < 1.29 is 19.6 Å². The predicted molar refractivity (Wildman–Crippen MR) is 129 cm³/mol. The minimum Gasteiger partial charge on any atom is -0.507 e. The number of hydrogen-bond donors (Lipinski definition) is 1. The molecule has 0 aromatic heterocycles. The van der Waals surface area contributed by atoms with Gasteiger partial charge >= 0.3 is 0 Å². The smallest absolute Gasteiger partial charge is 0.295 e. The summed E-state index contributed by atoms with van der Waals surface area (Å²) in [4.78, 5) is 40.0. The standard InChI is InChI=1S/C23H24ClN3O5.ClH/c1-3-25(4-2)13-14-26-20(15-7-11-18(12-8-15)27(31)32)19(22(29)23(26)30)21(28)16-5-9-17(24)10-6-16;/h5-12,20,28H,3-4,13-14H2,1-2H3;1H/b21-19-;. The molecule has 0 bridgehead atoms. The number of halogens is 2. The number of rotatable bonds is 8. The fraction of sp³-hybridized carbons (Fsp3) is 0.304. The molecule has 3 rings (SSSR count). The molecule has 1 unspecified atom stereocenters. The Balaban J connectivity index is 0.00000385. The number of ketones is 1. The molecule has 0 saturated carbocycles. The van der Waals surface area contributed by atoms with Crippen molar-refractivity contribution in [3.05, 3.63) is 80.4 Å². The average molecular weight is 494 g/mol. The molecule has 2 aromatic rings. The van der Waals surface area contributed by atoms with Gasteiger partial charge in [0.1, 0.15) is 5.76 Å². The summed E-state index contributed by atoms with van der Waals surface area (Å²) in [6.07, 6.45) is 0. The summed E-state index contributed by atoms with van der Waals surface area (Å²) < 4.78 is 0. The number of nitro benzene ring substituents is 1. The van der Waals surface area contributed by atoms with Crippen molar-refractivity contribution in [3.8, 4) is 0 Å². The van der Waals surface area contributed by atoms with Gasteiger partial charge in [-0.05, 0) is 55.1 Å². The van der Waals surface area contributed by atoms with Crippen LogP contribution in [0.4, 0.5) is 5.69 Å². The average Bonchev–Trinajstić information content (AvgIpc) is 3.04. The molecule has 1 aliphatic heterocycles. The van der Waals surface area contributed by atoms with E-state index in [0.717, 1.165) is 13.1 Å². The van der Waals surface area contributed by atoms with Gasteiger partial charge in [-0.2, -0.15) is 0 Å². The minimum absolute atomic E-state index is 0. The van der Waals surface area contributed by atoms with E-state index in [4.69, 9.17) is 11.6 Å². The van der Waals surface area contributed by atoms with Gasteiger partial charge in [0.2, 0.25) is 0 Å². The lowest BCUT2D eigenvalue weighted by Gasteiger charge is -2.28. The highest BCUT2D eigenvalue weighted by Crippen LogP contribution is 2.39. The lowest BCUT2D eigenvalue weighted by molar-refractivity contribution is -0.384. The third-order valence-electron chi connectivity index (χ3n) is 5.63. The fourth-order valence-corrected chi connectivity index (χ4v) is 3.91. The van der Waals surface area contributed by atoms with E-state index >= 15 is 0 Å². The molecule has 176 valence electrons. The van der Waals surface area contributed by atoms with Crippen LogP contribution >= 0.6 is 24.0 Å². The van der Waals surface area contributed by atoms with Crippen molar-refractivity contribution in [2.24, 2.45) is 0 Å². The van der Waals surface area contributed by atoms with Gasteiger partial charge in [0.25, 0.3) is 17.4 Å². The van der Waals surface area contributed by atoms with Gasteiger partial charge in [-0.3, -0.25) is 19.7 Å². The van der Waals surface area contributed by atoms with Crippen LogP contribution in [0.15, 0.2) is 54.1 Å². The maximum Gasteiger partial charge on any atom is 0.295 e. The molecule has 8 nitrogen and oxygen atoms in total. The van der Waals surface area contributed by atoms with Gasteiger partial charge in [0, 0.05) is 35.8 Å². The zero-order valence-corrected chi connectivity index (χ0v) is 19.8. The molecule has 1 atom stereocenters. The molecular formula is C23H25Cl2N3O5. The highest BCUT2D eigenvalue weighted by atomic mass is 35.5. The third-order valence-corrected chi connectivity index (χ3v) is 5.88. The first-order valence-corrected chi connectivity index (χ1v) is 10.7. The molecule has 1 amide bonds. The number of hydrogen-bond acceptors (Lipinski definition) is 6. The second-order valence-electron chi connectivity index (χ2n) is 7.37. The van der Waals surface area contributed by atoms with Crippen LogP contribution in [0.5, 0.6) is 0 Å². The van der Waals surface area contributed by atoms with Crippen molar-refractivity contribution in [1.82, 2.24) is 9.80 Å². The largest absolute Gasteiger partial charge is 0.507 e. The quantitative estimate of drug-likeness (QED) is 0.191. The summed E-state index contributed by atoms with van der Waals surface area (Å²) in [7, 11) is 0. The molecule has 2 aromatic carbocycles. The van der Waals surface area contributed by atoms with Crippen LogP contribution in [0.2, 0.25) is 5.02 Å². The number of amides is 1. The molecule has 1 N–H and O–H groups in total. The van der Waals surface area contributed by atoms with Crippen LogP contribution in [0.3, 0.4) is 0 Å². The van der Waals surface area contributed by atoms with Crippen molar-refractivity contribution in [3.63, 3.8) is 0 Å². The Morgan fingerprint density at radius 3 is 2.18 bits per heavy atom. The number of carbonyl (C=O) groups excluding carboxylic acids is 2. The summed E-state index contributed by atoms with van der Waals surface area (Å²) >= 11 is 5.93. The van der Waals surface area contributed by atoms with Gasteiger partial charge in [0.15, 0.2) is 0 Å². The predicted octanol–water partition coefficient (Wildman–Crippen LogP) is 4.43. The van der Waals surface area contributed by atoms with Gasteiger partial charge < -0.3 is 14.9 Å². The number of likely N-dealkylation sites (N-methyl/N-ethyl adjacent to an activating group) is 1. The van der Waals surface area contributed by atoms with Crippen LogP contribution in [0.1, 0.15) is 31.0 Å². The van der Waals surface area contributed by atoms with E-state index in [2.05, 4.69) is 4.90 Å². The summed E-state index contributed by atoms with van der Waals surface area (Å²) in [5, 5.41) is 22.5. The molecule has 0 radical (unpaired) electrons.